The van der Waals surface area contributed by atoms with Crippen LogP contribution in [0.3, 0.4) is 0 Å². The van der Waals surface area contributed by atoms with E-state index in [4.69, 9.17) is 16.3 Å². The molecule has 1 amide bonds. The van der Waals surface area contributed by atoms with Gasteiger partial charge in [-0.25, -0.2) is 4.98 Å². The van der Waals surface area contributed by atoms with Crippen LogP contribution >= 0.6 is 22.9 Å². The molecule has 0 spiro atoms. The first-order valence-electron chi connectivity index (χ1n) is 6.83. The SMILES string of the molecule is COc1ccc(-c2csc(NC(=O)c3ccccc3Cl)n2)cc1. The summed E-state index contributed by atoms with van der Waals surface area (Å²) in [5.41, 5.74) is 2.18. The number of ether oxygens (including phenoxy) is 1. The minimum Gasteiger partial charge on any atom is -0.497 e. The first-order valence-corrected chi connectivity index (χ1v) is 8.09. The summed E-state index contributed by atoms with van der Waals surface area (Å²) >= 11 is 7.39. The molecule has 3 aromatic rings. The average Bonchev–Trinajstić information content (AvgIpc) is 3.03. The molecule has 0 fully saturated rings. The molecular formula is C17H13ClN2O2S. The molecule has 0 aliphatic rings. The standard InChI is InChI=1S/C17H13ClN2O2S/c1-22-12-8-6-11(7-9-12)15-10-23-17(19-15)20-16(21)13-4-2-3-5-14(13)18/h2-10H,1H3,(H,19,20,21). The van der Waals surface area contributed by atoms with Gasteiger partial charge in [-0.05, 0) is 36.4 Å². The van der Waals surface area contributed by atoms with Gasteiger partial charge in [-0.3, -0.25) is 10.1 Å². The van der Waals surface area contributed by atoms with Crippen molar-refractivity contribution in [2.24, 2.45) is 0 Å². The molecule has 116 valence electrons. The summed E-state index contributed by atoms with van der Waals surface area (Å²) in [5.74, 6) is 0.516. The van der Waals surface area contributed by atoms with Crippen LogP contribution in [-0.2, 0) is 0 Å². The molecule has 1 N–H and O–H groups in total. The lowest BCUT2D eigenvalue weighted by Gasteiger charge is -2.03. The van der Waals surface area contributed by atoms with E-state index in [2.05, 4.69) is 10.3 Å². The van der Waals surface area contributed by atoms with E-state index < -0.39 is 0 Å². The second-order valence-electron chi connectivity index (χ2n) is 4.70. The summed E-state index contributed by atoms with van der Waals surface area (Å²) < 4.78 is 5.14. The maximum absolute atomic E-state index is 12.2. The summed E-state index contributed by atoms with van der Waals surface area (Å²) in [6.45, 7) is 0. The maximum atomic E-state index is 12.2. The lowest BCUT2D eigenvalue weighted by atomic mass is 10.2. The molecule has 0 aliphatic carbocycles. The van der Waals surface area contributed by atoms with Crippen LogP contribution in [0.1, 0.15) is 10.4 Å². The van der Waals surface area contributed by atoms with E-state index in [0.717, 1.165) is 17.0 Å². The minimum atomic E-state index is -0.272. The third-order valence-corrected chi connectivity index (χ3v) is 4.32. The van der Waals surface area contributed by atoms with Crippen molar-refractivity contribution in [3.05, 3.63) is 64.5 Å². The van der Waals surface area contributed by atoms with Gasteiger partial charge in [0.25, 0.3) is 5.91 Å². The molecule has 4 nitrogen and oxygen atoms in total. The number of amides is 1. The zero-order valence-electron chi connectivity index (χ0n) is 12.2. The fourth-order valence-corrected chi connectivity index (χ4v) is 2.97. The monoisotopic (exact) mass is 344 g/mol. The fourth-order valence-electron chi connectivity index (χ4n) is 2.04. The van der Waals surface area contributed by atoms with Crippen LogP contribution in [0.5, 0.6) is 5.75 Å². The topological polar surface area (TPSA) is 51.2 Å². The molecule has 0 atom stereocenters. The molecule has 23 heavy (non-hydrogen) atoms. The number of nitrogens with zero attached hydrogens (tertiary/aromatic N) is 1. The van der Waals surface area contributed by atoms with Gasteiger partial charge in [0.1, 0.15) is 5.75 Å². The minimum absolute atomic E-state index is 0.272. The quantitative estimate of drug-likeness (QED) is 0.744. The molecule has 0 aliphatic heterocycles. The Kier molecular flexibility index (Phi) is 4.60. The lowest BCUT2D eigenvalue weighted by Crippen LogP contribution is -2.12. The molecular weight excluding hydrogens is 332 g/mol. The maximum Gasteiger partial charge on any atom is 0.258 e. The Hall–Kier alpha value is -2.37. The molecule has 0 bridgehead atoms. The van der Waals surface area contributed by atoms with Gasteiger partial charge in [0.05, 0.1) is 23.4 Å². The van der Waals surface area contributed by atoms with Crippen molar-refractivity contribution >= 4 is 34.0 Å². The van der Waals surface area contributed by atoms with Gasteiger partial charge in [-0.2, -0.15) is 0 Å². The average molecular weight is 345 g/mol. The number of hydrogen-bond acceptors (Lipinski definition) is 4. The van der Waals surface area contributed by atoms with Crippen molar-refractivity contribution < 1.29 is 9.53 Å². The van der Waals surface area contributed by atoms with Crippen molar-refractivity contribution in [2.45, 2.75) is 0 Å². The number of anilines is 1. The van der Waals surface area contributed by atoms with Crippen LogP contribution in [0.15, 0.2) is 53.9 Å². The van der Waals surface area contributed by atoms with E-state index in [1.807, 2.05) is 29.6 Å². The smallest absolute Gasteiger partial charge is 0.258 e. The van der Waals surface area contributed by atoms with E-state index >= 15 is 0 Å². The molecule has 0 saturated heterocycles. The molecule has 2 aromatic carbocycles. The van der Waals surface area contributed by atoms with Gasteiger partial charge in [0, 0.05) is 10.9 Å². The summed E-state index contributed by atoms with van der Waals surface area (Å²) in [7, 11) is 1.63. The number of nitrogens with one attached hydrogen (secondary N) is 1. The molecule has 3 rings (SSSR count). The van der Waals surface area contributed by atoms with E-state index in [-0.39, 0.29) is 5.91 Å². The molecule has 0 saturated carbocycles. The van der Waals surface area contributed by atoms with Crippen molar-refractivity contribution in [3.8, 4) is 17.0 Å². The van der Waals surface area contributed by atoms with Crippen molar-refractivity contribution in [3.63, 3.8) is 0 Å². The van der Waals surface area contributed by atoms with E-state index in [0.29, 0.717) is 15.7 Å². The molecule has 1 aromatic heterocycles. The van der Waals surface area contributed by atoms with E-state index in [1.54, 1.807) is 31.4 Å². The summed E-state index contributed by atoms with van der Waals surface area (Å²) in [5, 5.41) is 5.61. The highest BCUT2D eigenvalue weighted by atomic mass is 35.5. The number of halogens is 1. The summed E-state index contributed by atoms with van der Waals surface area (Å²) in [6, 6.07) is 14.5. The summed E-state index contributed by atoms with van der Waals surface area (Å²) in [6.07, 6.45) is 0. The number of benzene rings is 2. The van der Waals surface area contributed by atoms with Crippen molar-refractivity contribution in [1.82, 2.24) is 4.98 Å². The zero-order valence-corrected chi connectivity index (χ0v) is 13.8. The Balaban J connectivity index is 1.76. The third-order valence-electron chi connectivity index (χ3n) is 3.23. The van der Waals surface area contributed by atoms with Gasteiger partial charge in [-0.15, -0.1) is 11.3 Å². The number of rotatable bonds is 4. The van der Waals surface area contributed by atoms with Crippen LogP contribution in [0, 0.1) is 0 Å². The van der Waals surface area contributed by atoms with Gasteiger partial charge in [0.2, 0.25) is 0 Å². The second kappa shape index (κ2) is 6.81. The normalized spacial score (nSPS) is 10.3. The Morgan fingerprint density at radius 2 is 1.91 bits per heavy atom. The fraction of sp³-hybridized carbons (Fsp3) is 0.0588. The van der Waals surface area contributed by atoms with Crippen LogP contribution in [0.2, 0.25) is 5.02 Å². The van der Waals surface area contributed by atoms with Gasteiger partial charge in [0.15, 0.2) is 5.13 Å². The number of aromatic nitrogens is 1. The third kappa shape index (κ3) is 3.52. The van der Waals surface area contributed by atoms with Crippen LogP contribution in [0.4, 0.5) is 5.13 Å². The predicted molar refractivity (Wildman–Crippen MR) is 93.5 cm³/mol. The van der Waals surface area contributed by atoms with Crippen molar-refractivity contribution in [1.29, 1.82) is 0 Å². The highest BCUT2D eigenvalue weighted by molar-refractivity contribution is 7.14. The lowest BCUT2D eigenvalue weighted by molar-refractivity contribution is 0.102. The molecule has 1 heterocycles. The van der Waals surface area contributed by atoms with Crippen molar-refractivity contribution in [2.75, 3.05) is 12.4 Å². The van der Waals surface area contributed by atoms with E-state index in [1.165, 1.54) is 11.3 Å². The number of methoxy groups -OCH3 is 1. The Bertz CT molecular complexity index is 831. The molecule has 0 unspecified atom stereocenters. The van der Waals surface area contributed by atoms with Crippen LogP contribution < -0.4 is 10.1 Å². The van der Waals surface area contributed by atoms with Gasteiger partial charge in [-0.1, -0.05) is 23.7 Å². The molecule has 0 radical (unpaired) electrons. The second-order valence-corrected chi connectivity index (χ2v) is 5.97. The Morgan fingerprint density at radius 3 is 2.61 bits per heavy atom. The number of carbonyl (C=O) groups excluding carboxylic acids is 1. The first kappa shape index (κ1) is 15.5. The van der Waals surface area contributed by atoms with E-state index in [9.17, 15) is 4.79 Å². The van der Waals surface area contributed by atoms with Crippen LogP contribution in [-0.4, -0.2) is 18.0 Å². The predicted octanol–water partition coefficient (Wildman–Crippen LogP) is 4.72. The van der Waals surface area contributed by atoms with Crippen LogP contribution in [0.25, 0.3) is 11.3 Å². The zero-order chi connectivity index (χ0) is 16.2. The number of carbonyl (C=O) groups is 1. The highest BCUT2D eigenvalue weighted by Gasteiger charge is 2.12. The van der Waals surface area contributed by atoms with Gasteiger partial charge >= 0.3 is 0 Å². The first-order chi connectivity index (χ1) is 11.2. The number of thiazole rings is 1. The Morgan fingerprint density at radius 1 is 1.17 bits per heavy atom. The summed E-state index contributed by atoms with van der Waals surface area (Å²) in [4.78, 5) is 16.7. The Labute approximate surface area is 142 Å². The molecule has 6 heteroatoms. The highest BCUT2D eigenvalue weighted by Crippen LogP contribution is 2.27. The largest absolute Gasteiger partial charge is 0.497 e. The number of hydrogen-bond donors (Lipinski definition) is 1. The van der Waals surface area contributed by atoms with Gasteiger partial charge < -0.3 is 4.74 Å².